The lowest BCUT2D eigenvalue weighted by molar-refractivity contribution is -0.138. The molecule has 0 radical (unpaired) electrons. The summed E-state index contributed by atoms with van der Waals surface area (Å²) >= 11 is 9.46. The molecule has 1 unspecified atom stereocenters. The number of nitrogens with one attached hydrogen (secondary N) is 1. The number of halogens is 2. The zero-order chi connectivity index (χ0) is 14.7. The minimum Gasteiger partial charge on any atom is -0.479 e. The van der Waals surface area contributed by atoms with Gasteiger partial charge in [-0.25, -0.2) is 4.79 Å². The number of hydrogen-bond acceptors (Lipinski definition) is 2. The maximum Gasteiger partial charge on any atom is 0.330 e. The topological polar surface area (TPSA) is 49.3 Å². The molecule has 0 saturated carbocycles. The molecule has 0 aliphatic rings. The Labute approximate surface area is 130 Å². The van der Waals surface area contributed by atoms with E-state index in [2.05, 4.69) is 21.2 Å². The quantitative estimate of drug-likeness (QED) is 0.840. The second kappa shape index (κ2) is 6.29. The number of rotatable bonds is 4. The monoisotopic (exact) mass is 353 g/mol. The standard InChI is InChI=1S/C15H13BrClNO2/c1-9-6-7-10(8-12(9)17)14(15(19)20)18-13-5-3-2-4-11(13)16/h2-8,14,18H,1H3,(H,19,20). The molecule has 5 heteroatoms. The van der Waals surface area contributed by atoms with E-state index in [1.54, 1.807) is 12.1 Å². The number of aryl methyl sites for hydroxylation is 1. The minimum absolute atomic E-state index is 0.558. The fourth-order valence-electron chi connectivity index (χ4n) is 1.81. The molecular weight excluding hydrogens is 342 g/mol. The summed E-state index contributed by atoms with van der Waals surface area (Å²) in [6.45, 7) is 1.88. The van der Waals surface area contributed by atoms with E-state index in [0.29, 0.717) is 10.6 Å². The van der Waals surface area contributed by atoms with Gasteiger partial charge in [0.05, 0.1) is 0 Å². The molecule has 0 fully saturated rings. The SMILES string of the molecule is Cc1ccc(C(Nc2ccccc2Br)C(=O)O)cc1Cl. The first-order chi connectivity index (χ1) is 9.49. The molecule has 0 saturated heterocycles. The van der Waals surface area contributed by atoms with Gasteiger partial charge in [0.25, 0.3) is 0 Å². The van der Waals surface area contributed by atoms with Gasteiger partial charge in [0.2, 0.25) is 0 Å². The average Bonchev–Trinajstić information content (AvgIpc) is 2.41. The van der Waals surface area contributed by atoms with Crippen molar-refractivity contribution >= 4 is 39.2 Å². The molecule has 20 heavy (non-hydrogen) atoms. The number of para-hydroxylation sites is 1. The van der Waals surface area contributed by atoms with E-state index in [4.69, 9.17) is 11.6 Å². The van der Waals surface area contributed by atoms with Gasteiger partial charge in [-0.1, -0.05) is 35.9 Å². The van der Waals surface area contributed by atoms with Crippen LogP contribution in [0.3, 0.4) is 0 Å². The summed E-state index contributed by atoms with van der Waals surface area (Å²) in [5.74, 6) is -0.958. The van der Waals surface area contributed by atoms with Gasteiger partial charge in [-0.3, -0.25) is 0 Å². The number of benzene rings is 2. The summed E-state index contributed by atoms with van der Waals surface area (Å²) in [5.41, 5.74) is 2.25. The second-order valence-electron chi connectivity index (χ2n) is 4.40. The summed E-state index contributed by atoms with van der Waals surface area (Å²) < 4.78 is 0.810. The molecule has 0 aliphatic carbocycles. The van der Waals surface area contributed by atoms with Crippen LogP contribution in [-0.2, 0) is 4.79 Å². The van der Waals surface area contributed by atoms with Crippen molar-refractivity contribution in [3.8, 4) is 0 Å². The Morgan fingerprint density at radius 3 is 2.60 bits per heavy atom. The van der Waals surface area contributed by atoms with E-state index in [9.17, 15) is 9.90 Å². The zero-order valence-corrected chi connectivity index (χ0v) is 13.1. The first kappa shape index (κ1) is 14.9. The molecule has 0 aliphatic heterocycles. The zero-order valence-electron chi connectivity index (χ0n) is 10.7. The highest BCUT2D eigenvalue weighted by Gasteiger charge is 2.21. The first-order valence-electron chi connectivity index (χ1n) is 5.99. The van der Waals surface area contributed by atoms with Gasteiger partial charge in [0.15, 0.2) is 6.04 Å². The lowest BCUT2D eigenvalue weighted by Gasteiger charge is -2.18. The highest BCUT2D eigenvalue weighted by molar-refractivity contribution is 9.10. The van der Waals surface area contributed by atoms with Crippen molar-refractivity contribution in [1.82, 2.24) is 0 Å². The molecule has 0 heterocycles. The molecule has 2 aromatic carbocycles. The molecule has 0 spiro atoms. The normalized spacial score (nSPS) is 11.9. The molecular formula is C15H13BrClNO2. The molecule has 0 aromatic heterocycles. The molecule has 1 atom stereocenters. The average molecular weight is 355 g/mol. The Morgan fingerprint density at radius 2 is 2.00 bits per heavy atom. The van der Waals surface area contributed by atoms with Crippen LogP contribution in [0.2, 0.25) is 5.02 Å². The molecule has 2 N–H and O–H groups in total. The molecule has 0 bridgehead atoms. The lowest BCUT2D eigenvalue weighted by Crippen LogP contribution is -2.20. The van der Waals surface area contributed by atoms with Crippen LogP contribution in [-0.4, -0.2) is 11.1 Å². The van der Waals surface area contributed by atoms with Gasteiger partial charge in [-0.15, -0.1) is 0 Å². The Kier molecular flexibility index (Phi) is 4.68. The van der Waals surface area contributed by atoms with E-state index in [-0.39, 0.29) is 0 Å². The van der Waals surface area contributed by atoms with E-state index in [1.807, 2.05) is 37.3 Å². The summed E-state index contributed by atoms with van der Waals surface area (Å²) in [4.78, 5) is 11.5. The Balaban J connectivity index is 2.34. The highest BCUT2D eigenvalue weighted by Crippen LogP contribution is 2.28. The van der Waals surface area contributed by atoms with Crippen LogP contribution in [0.5, 0.6) is 0 Å². The second-order valence-corrected chi connectivity index (χ2v) is 5.67. The maximum atomic E-state index is 11.5. The first-order valence-corrected chi connectivity index (χ1v) is 7.16. The van der Waals surface area contributed by atoms with Crippen LogP contribution in [0.1, 0.15) is 17.2 Å². The van der Waals surface area contributed by atoms with E-state index >= 15 is 0 Å². The van der Waals surface area contributed by atoms with Crippen LogP contribution in [0, 0.1) is 6.92 Å². The fourth-order valence-corrected chi connectivity index (χ4v) is 2.40. The van der Waals surface area contributed by atoms with Crippen LogP contribution in [0.4, 0.5) is 5.69 Å². The maximum absolute atomic E-state index is 11.5. The molecule has 0 amide bonds. The van der Waals surface area contributed by atoms with Crippen LogP contribution >= 0.6 is 27.5 Å². The van der Waals surface area contributed by atoms with Crippen molar-refractivity contribution in [3.63, 3.8) is 0 Å². The third-order valence-electron chi connectivity index (χ3n) is 2.95. The largest absolute Gasteiger partial charge is 0.479 e. The Morgan fingerprint density at radius 1 is 1.30 bits per heavy atom. The van der Waals surface area contributed by atoms with E-state index < -0.39 is 12.0 Å². The van der Waals surface area contributed by atoms with Crippen molar-refractivity contribution in [2.45, 2.75) is 13.0 Å². The van der Waals surface area contributed by atoms with Gasteiger partial charge >= 0.3 is 5.97 Å². The van der Waals surface area contributed by atoms with E-state index in [0.717, 1.165) is 15.7 Å². The number of aliphatic carboxylic acids is 1. The summed E-state index contributed by atoms with van der Waals surface area (Å²) in [7, 11) is 0. The molecule has 3 nitrogen and oxygen atoms in total. The third kappa shape index (κ3) is 3.32. The number of hydrogen-bond donors (Lipinski definition) is 2. The summed E-state index contributed by atoms with van der Waals surface area (Å²) in [6.07, 6.45) is 0. The van der Waals surface area contributed by atoms with Crippen LogP contribution < -0.4 is 5.32 Å². The predicted octanol–water partition coefficient (Wildman–Crippen LogP) is 4.65. The number of carboxylic acids is 1. The highest BCUT2D eigenvalue weighted by atomic mass is 79.9. The van der Waals surface area contributed by atoms with Gasteiger partial charge < -0.3 is 10.4 Å². The molecule has 2 rings (SSSR count). The fraction of sp³-hybridized carbons (Fsp3) is 0.133. The van der Waals surface area contributed by atoms with Crippen molar-refractivity contribution in [1.29, 1.82) is 0 Å². The molecule has 2 aromatic rings. The Bertz CT molecular complexity index is 646. The predicted molar refractivity (Wildman–Crippen MR) is 84.3 cm³/mol. The number of carboxylic acid groups (broad SMARTS) is 1. The molecule has 104 valence electrons. The summed E-state index contributed by atoms with van der Waals surface area (Å²) in [5, 5.41) is 13.0. The number of carbonyl (C=O) groups is 1. The van der Waals surface area contributed by atoms with Crippen LogP contribution in [0.25, 0.3) is 0 Å². The van der Waals surface area contributed by atoms with Crippen molar-refractivity contribution in [2.24, 2.45) is 0 Å². The van der Waals surface area contributed by atoms with Gasteiger partial charge in [0.1, 0.15) is 0 Å². The third-order valence-corrected chi connectivity index (χ3v) is 4.05. The van der Waals surface area contributed by atoms with Crippen molar-refractivity contribution in [3.05, 3.63) is 63.1 Å². The van der Waals surface area contributed by atoms with Crippen LogP contribution in [0.15, 0.2) is 46.9 Å². The Hall–Kier alpha value is -1.52. The summed E-state index contributed by atoms with van der Waals surface area (Å²) in [6, 6.07) is 11.8. The lowest BCUT2D eigenvalue weighted by atomic mass is 10.0. The van der Waals surface area contributed by atoms with Crippen molar-refractivity contribution < 1.29 is 9.90 Å². The van der Waals surface area contributed by atoms with Gasteiger partial charge in [0, 0.05) is 15.2 Å². The number of anilines is 1. The van der Waals surface area contributed by atoms with Gasteiger partial charge in [-0.2, -0.15) is 0 Å². The van der Waals surface area contributed by atoms with Gasteiger partial charge in [-0.05, 0) is 52.2 Å². The smallest absolute Gasteiger partial charge is 0.330 e. The minimum atomic E-state index is -0.958. The van der Waals surface area contributed by atoms with E-state index in [1.165, 1.54) is 0 Å². The van der Waals surface area contributed by atoms with Crippen molar-refractivity contribution in [2.75, 3.05) is 5.32 Å².